The van der Waals surface area contributed by atoms with Gasteiger partial charge in [0.15, 0.2) is 0 Å². The van der Waals surface area contributed by atoms with E-state index in [1.165, 1.54) is 6.07 Å². The number of aryl methyl sites for hydroxylation is 1. The van der Waals surface area contributed by atoms with Gasteiger partial charge in [-0.25, -0.2) is 4.39 Å². The first-order valence-corrected chi connectivity index (χ1v) is 5.75. The molecule has 1 atom stereocenters. The fourth-order valence-electron chi connectivity index (χ4n) is 1.60. The van der Waals surface area contributed by atoms with Crippen molar-refractivity contribution in [2.45, 2.75) is 32.8 Å². The maximum atomic E-state index is 13.0. The third-order valence-corrected chi connectivity index (χ3v) is 2.59. The first-order valence-electron chi connectivity index (χ1n) is 5.75. The highest BCUT2D eigenvalue weighted by Crippen LogP contribution is 2.20. The summed E-state index contributed by atoms with van der Waals surface area (Å²) in [5.41, 5.74) is 1.15. The summed E-state index contributed by atoms with van der Waals surface area (Å²) in [5, 5.41) is 12.5. The Bertz CT molecular complexity index is 393. The van der Waals surface area contributed by atoms with Gasteiger partial charge in [-0.2, -0.15) is 0 Å². The smallest absolute Gasteiger partial charge is 0.220 e. The summed E-state index contributed by atoms with van der Waals surface area (Å²) in [6.07, 6.45) is -0.112. The van der Waals surface area contributed by atoms with E-state index in [-0.39, 0.29) is 18.1 Å². The number of rotatable bonds is 5. The minimum absolute atomic E-state index is 0.0783. The van der Waals surface area contributed by atoms with Crippen molar-refractivity contribution in [2.24, 2.45) is 0 Å². The highest BCUT2D eigenvalue weighted by Gasteiger charge is 2.11. The third kappa shape index (κ3) is 4.15. The van der Waals surface area contributed by atoms with Crippen molar-refractivity contribution in [3.63, 3.8) is 0 Å². The summed E-state index contributed by atoms with van der Waals surface area (Å²) in [7, 11) is 0. The predicted molar refractivity (Wildman–Crippen MR) is 64.0 cm³/mol. The molecule has 4 heteroatoms. The molecule has 0 heterocycles. The van der Waals surface area contributed by atoms with Crippen LogP contribution < -0.4 is 5.32 Å². The van der Waals surface area contributed by atoms with E-state index in [4.69, 9.17) is 0 Å². The van der Waals surface area contributed by atoms with Crippen molar-refractivity contribution >= 4 is 5.91 Å². The van der Waals surface area contributed by atoms with Gasteiger partial charge in [0.2, 0.25) is 5.91 Å². The van der Waals surface area contributed by atoms with Gasteiger partial charge < -0.3 is 10.4 Å². The van der Waals surface area contributed by atoms with Crippen LogP contribution in [0.1, 0.15) is 37.0 Å². The molecule has 0 aliphatic carbocycles. The Hall–Kier alpha value is -1.42. The average molecular weight is 239 g/mol. The summed E-state index contributed by atoms with van der Waals surface area (Å²) in [6.45, 7) is 4.08. The van der Waals surface area contributed by atoms with Gasteiger partial charge in [0, 0.05) is 13.0 Å². The summed E-state index contributed by atoms with van der Waals surface area (Å²) in [5.74, 6) is -0.366. The molecular formula is C13H18FNO2. The fourth-order valence-corrected chi connectivity index (χ4v) is 1.60. The van der Waals surface area contributed by atoms with Gasteiger partial charge in [0.1, 0.15) is 5.82 Å². The minimum atomic E-state index is -0.725. The number of halogens is 1. The van der Waals surface area contributed by atoms with E-state index in [2.05, 4.69) is 5.32 Å². The third-order valence-electron chi connectivity index (χ3n) is 2.59. The van der Waals surface area contributed by atoms with Gasteiger partial charge in [-0.3, -0.25) is 4.79 Å². The van der Waals surface area contributed by atoms with Gasteiger partial charge in [-0.05, 0) is 37.5 Å². The van der Waals surface area contributed by atoms with Crippen LogP contribution in [-0.2, 0) is 4.79 Å². The molecule has 2 N–H and O–H groups in total. The first-order chi connectivity index (χ1) is 8.04. The van der Waals surface area contributed by atoms with E-state index in [0.717, 1.165) is 0 Å². The molecule has 1 unspecified atom stereocenters. The normalized spacial score (nSPS) is 12.2. The maximum absolute atomic E-state index is 13.0. The van der Waals surface area contributed by atoms with Crippen LogP contribution >= 0.6 is 0 Å². The lowest BCUT2D eigenvalue weighted by Crippen LogP contribution is -2.22. The second-order valence-electron chi connectivity index (χ2n) is 4.02. The van der Waals surface area contributed by atoms with Crippen molar-refractivity contribution in [2.75, 3.05) is 6.54 Å². The van der Waals surface area contributed by atoms with Crippen LogP contribution in [0.4, 0.5) is 4.39 Å². The lowest BCUT2D eigenvalue weighted by molar-refractivity contribution is -0.121. The number of hydrogen-bond acceptors (Lipinski definition) is 2. The number of aliphatic hydroxyl groups excluding tert-OH is 1. The fraction of sp³-hybridized carbons (Fsp3) is 0.462. The van der Waals surface area contributed by atoms with Crippen molar-refractivity contribution < 1.29 is 14.3 Å². The Morgan fingerprint density at radius 1 is 1.53 bits per heavy atom. The molecule has 0 spiro atoms. The summed E-state index contributed by atoms with van der Waals surface area (Å²) in [6, 6.07) is 4.49. The topological polar surface area (TPSA) is 49.3 Å². The van der Waals surface area contributed by atoms with Gasteiger partial charge in [0.05, 0.1) is 6.10 Å². The molecular weight excluding hydrogens is 221 g/mol. The van der Waals surface area contributed by atoms with Crippen molar-refractivity contribution in [1.82, 2.24) is 5.32 Å². The Labute approximate surface area is 101 Å². The first kappa shape index (κ1) is 13.6. The van der Waals surface area contributed by atoms with Gasteiger partial charge >= 0.3 is 0 Å². The number of nitrogens with one attached hydrogen (secondary N) is 1. The summed E-state index contributed by atoms with van der Waals surface area (Å²) in [4.78, 5) is 11.2. The molecule has 0 aliphatic heterocycles. The number of amides is 1. The lowest BCUT2D eigenvalue weighted by atomic mass is 10.0. The van der Waals surface area contributed by atoms with Crippen molar-refractivity contribution in [3.05, 3.63) is 35.1 Å². The molecule has 0 saturated carbocycles. The van der Waals surface area contributed by atoms with E-state index in [1.54, 1.807) is 19.1 Å². The van der Waals surface area contributed by atoms with Crippen LogP contribution in [0.2, 0.25) is 0 Å². The van der Waals surface area contributed by atoms with Crippen molar-refractivity contribution in [1.29, 1.82) is 0 Å². The monoisotopic (exact) mass is 239 g/mol. The van der Waals surface area contributed by atoms with Crippen LogP contribution in [-0.4, -0.2) is 17.6 Å². The maximum Gasteiger partial charge on any atom is 0.220 e. The van der Waals surface area contributed by atoms with E-state index in [1.807, 2.05) is 6.92 Å². The van der Waals surface area contributed by atoms with Gasteiger partial charge in [-0.15, -0.1) is 0 Å². The summed E-state index contributed by atoms with van der Waals surface area (Å²) < 4.78 is 13.0. The van der Waals surface area contributed by atoms with Crippen LogP contribution in [0, 0.1) is 12.7 Å². The van der Waals surface area contributed by atoms with E-state index < -0.39 is 6.10 Å². The molecule has 0 radical (unpaired) electrons. The Balaban J connectivity index is 2.54. The molecule has 3 nitrogen and oxygen atoms in total. The molecule has 0 aromatic heterocycles. The predicted octanol–water partition coefficient (Wildman–Crippen LogP) is 2.08. The second kappa shape index (κ2) is 6.35. The quantitative estimate of drug-likeness (QED) is 0.826. The SMILES string of the molecule is CCNC(=O)CCC(O)c1ccc(F)c(C)c1. The Morgan fingerprint density at radius 3 is 2.82 bits per heavy atom. The molecule has 0 bridgehead atoms. The number of carbonyl (C=O) groups excluding carboxylic acids is 1. The molecule has 94 valence electrons. The zero-order valence-electron chi connectivity index (χ0n) is 10.2. The summed E-state index contributed by atoms with van der Waals surface area (Å²) >= 11 is 0. The van der Waals surface area contributed by atoms with Crippen molar-refractivity contribution in [3.8, 4) is 0 Å². The zero-order valence-corrected chi connectivity index (χ0v) is 10.2. The van der Waals surface area contributed by atoms with E-state index >= 15 is 0 Å². The Kier molecular flexibility index (Phi) is 5.10. The number of hydrogen-bond donors (Lipinski definition) is 2. The zero-order chi connectivity index (χ0) is 12.8. The van der Waals surface area contributed by atoms with Crippen LogP contribution in [0.25, 0.3) is 0 Å². The number of aliphatic hydroxyl groups is 1. The Morgan fingerprint density at radius 2 is 2.24 bits per heavy atom. The highest BCUT2D eigenvalue weighted by atomic mass is 19.1. The average Bonchev–Trinajstić information content (AvgIpc) is 2.30. The largest absolute Gasteiger partial charge is 0.388 e. The molecule has 0 fully saturated rings. The minimum Gasteiger partial charge on any atom is -0.388 e. The molecule has 1 aromatic carbocycles. The van der Waals surface area contributed by atoms with Crippen LogP contribution in [0.15, 0.2) is 18.2 Å². The molecule has 1 aromatic rings. The number of benzene rings is 1. The van der Waals surface area contributed by atoms with Crippen LogP contribution in [0.5, 0.6) is 0 Å². The van der Waals surface area contributed by atoms with Gasteiger partial charge in [0.25, 0.3) is 0 Å². The van der Waals surface area contributed by atoms with E-state index in [9.17, 15) is 14.3 Å². The lowest BCUT2D eigenvalue weighted by Gasteiger charge is -2.11. The highest BCUT2D eigenvalue weighted by molar-refractivity contribution is 5.75. The molecule has 0 aliphatic rings. The standard InChI is InChI=1S/C13H18FNO2/c1-3-15-13(17)7-6-12(16)10-4-5-11(14)9(2)8-10/h4-5,8,12,16H,3,6-7H2,1-2H3,(H,15,17). The molecule has 1 amide bonds. The molecule has 17 heavy (non-hydrogen) atoms. The molecule has 1 rings (SSSR count). The second-order valence-corrected chi connectivity index (χ2v) is 4.02. The van der Waals surface area contributed by atoms with Crippen LogP contribution in [0.3, 0.4) is 0 Å². The van der Waals surface area contributed by atoms with Gasteiger partial charge in [-0.1, -0.05) is 12.1 Å². The molecule has 0 saturated heterocycles. The number of carbonyl (C=O) groups is 1. The van der Waals surface area contributed by atoms with E-state index in [0.29, 0.717) is 24.1 Å².